The summed E-state index contributed by atoms with van der Waals surface area (Å²) in [7, 11) is 3.98. The normalized spacial score (nSPS) is 10.9. The SMILES string of the molecule is CCNC(=NCc1ccnc(N(C)C)c1)NCCc1cccs1.I. The second kappa shape index (κ2) is 11.2. The Morgan fingerprint density at radius 1 is 1.29 bits per heavy atom. The second-order valence-corrected chi connectivity index (χ2v) is 6.40. The first-order valence-electron chi connectivity index (χ1n) is 7.86. The van der Waals surface area contributed by atoms with Crippen molar-refractivity contribution in [3.8, 4) is 0 Å². The fourth-order valence-electron chi connectivity index (χ4n) is 2.07. The number of hydrogen-bond acceptors (Lipinski definition) is 4. The Bertz CT molecular complexity index is 613. The topological polar surface area (TPSA) is 52.6 Å². The molecule has 0 aliphatic rings. The number of guanidine groups is 1. The lowest BCUT2D eigenvalue weighted by Gasteiger charge is -2.13. The van der Waals surface area contributed by atoms with Crippen LogP contribution >= 0.6 is 35.3 Å². The summed E-state index contributed by atoms with van der Waals surface area (Å²) >= 11 is 1.79. The largest absolute Gasteiger partial charge is 0.363 e. The van der Waals surface area contributed by atoms with Crippen molar-refractivity contribution >= 4 is 47.1 Å². The molecule has 2 aromatic heterocycles. The van der Waals surface area contributed by atoms with Gasteiger partial charge in [0, 0.05) is 38.3 Å². The summed E-state index contributed by atoms with van der Waals surface area (Å²) in [6, 6.07) is 8.33. The molecule has 0 unspecified atom stereocenters. The van der Waals surface area contributed by atoms with Crippen LogP contribution in [-0.2, 0) is 13.0 Å². The number of aromatic nitrogens is 1. The third kappa shape index (κ3) is 7.04. The van der Waals surface area contributed by atoms with Gasteiger partial charge in [0.05, 0.1) is 6.54 Å². The smallest absolute Gasteiger partial charge is 0.191 e. The lowest BCUT2D eigenvalue weighted by Crippen LogP contribution is -2.38. The minimum atomic E-state index is 0. The van der Waals surface area contributed by atoms with E-state index in [1.165, 1.54) is 4.88 Å². The van der Waals surface area contributed by atoms with E-state index in [1.54, 1.807) is 11.3 Å². The summed E-state index contributed by atoms with van der Waals surface area (Å²) in [4.78, 5) is 12.4. The van der Waals surface area contributed by atoms with Crippen LogP contribution in [0.2, 0.25) is 0 Å². The zero-order valence-corrected chi connectivity index (χ0v) is 17.6. The summed E-state index contributed by atoms with van der Waals surface area (Å²) in [6.07, 6.45) is 2.85. The van der Waals surface area contributed by atoms with E-state index in [1.807, 2.05) is 31.3 Å². The molecule has 0 atom stereocenters. The van der Waals surface area contributed by atoms with Crippen molar-refractivity contribution in [2.45, 2.75) is 19.9 Å². The van der Waals surface area contributed by atoms with Crippen LogP contribution in [0, 0.1) is 0 Å². The van der Waals surface area contributed by atoms with Crippen molar-refractivity contribution in [3.63, 3.8) is 0 Å². The van der Waals surface area contributed by atoms with Crippen molar-refractivity contribution in [2.75, 3.05) is 32.1 Å². The third-order valence-corrected chi connectivity index (χ3v) is 4.21. The molecular weight excluding hydrogens is 433 g/mol. The van der Waals surface area contributed by atoms with E-state index < -0.39 is 0 Å². The van der Waals surface area contributed by atoms with Crippen LogP contribution in [-0.4, -0.2) is 38.1 Å². The van der Waals surface area contributed by atoms with Gasteiger partial charge in [0.1, 0.15) is 5.82 Å². The van der Waals surface area contributed by atoms with E-state index in [0.29, 0.717) is 6.54 Å². The molecule has 2 N–H and O–H groups in total. The first-order valence-corrected chi connectivity index (χ1v) is 8.74. The Morgan fingerprint density at radius 3 is 2.79 bits per heavy atom. The molecule has 0 radical (unpaired) electrons. The monoisotopic (exact) mass is 459 g/mol. The van der Waals surface area contributed by atoms with Gasteiger partial charge in [-0.05, 0) is 42.5 Å². The number of anilines is 1. The second-order valence-electron chi connectivity index (χ2n) is 5.37. The molecule has 0 aliphatic heterocycles. The molecule has 0 aromatic carbocycles. The molecule has 132 valence electrons. The quantitative estimate of drug-likeness (QED) is 0.380. The van der Waals surface area contributed by atoms with Crippen molar-refractivity contribution < 1.29 is 0 Å². The highest BCUT2D eigenvalue weighted by molar-refractivity contribution is 14.0. The highest BCUT2D eigenvalue weighted by Gasteiger charge is 2.01. The van der Waals surface area contributed by atoms with Crippen LogP contribution in [0.5, 0.6) is 0 Å². The molecule has 24 heavy (non-hydrogen) atoms. The molecule has 0 fully saturated rings. The average molecular weight is 459 g/mol. The minimum absolute atomic E-state index is 0. The van der Waals surface area contributed by atoms with Crippen molar-refractivity contribution in [1.29, 1.82) is 0 Å². The highest BCUT2D eigenvalue weighted by atomic mass is 127. The Labute approximate surface area is 165 Å². The third-order valence-electron chi connectivity index (χ3n) is 3.28. The van der Waals surface area contributed by atoms with E-state index in [9.17, 15) is 0 Å². The highest BCUT2D eigenvalue weighted by Crippen LogP contribution is 2.10. The lowest BCUT2D eigenvalue weighted by molar-refractivity contribution is 0.804. The van der Waals surface area contributed by atoms with E-state index in [2.05, 4.69) is 51.1 Å². The predicted octanol–water partition coefficient (Wildman–Crippen LogP) is 3.12. The Kier molecular flexibility index (Phi) is 9.70. The number of nitrogens with zero attached hydrogens (tertiary/aromatic N) is 3. The number of hydrogen-bond donors (Lipinski definition) is 2. The van der Waals surface area contributed by atoms with E-state index in [0.717, 1.165) is 36.9 Å². The van der Waals surface area contributed by atoms with Gasteiger partial charge in [-0.25, -0.2) is 9.98 Å². The summed E-state index contributed by atoms with van der Waals surface area (Å²) in [5, 5.41) is 8.78. The molecule has 0 bridgehead atoms. The molecule has 2 heterocycles. The molecule has 2 rings (SSSR count). The maximum atomic E-state index is 4.65. The van der Waals surface area contributed by atoms with Gasteiger partial charge in [-0.15, -0.1) is 35.3 Å². The summed E-state index contributed by atoms with van der Waals surface area (Å²) in [5.41, 5.74) is 1.15. The van der Waals surface area contributed by atoms with Gasteiger partial charge in [0.25, 0.3) is 0 Å². The van der Waals surface area contributed by atoms with Gasteiger partial charge in [-0.1, -0.05) is 6.07 Å². The van der Waals surface area contributed by atoms with Crippen LogP contribution in [0.25, 0.3) is 0 Å². The number of pyridine rings is 1. The minimum Gasteiger partial charge on any atom is -0.363 e. The van der Waals surface area contributed by atoms with E-state index >= 15 is 0 Å². The van der Waals surface area contributed by atoms with Gasteiger partial charge in [-0.3, -0.25) is 0 Å². The summed E-state index contributed by atoms with van der Waals surface area (Å²) < 4.78 is 0. The number of thiophene rings is 1. The molecular formula is C17H26IN5S. The van der Waals surface area contributed by atoms with Gasteiger partial charge in [0.15, 0.2) is 5.96 Å². The molecule has 2 aromatic rings. The van der Waals surface area contributed by atoms with Gasteiger partial charge >= 0.3 is 0 Å². The van der Waals surface area contributed by atoms with E-state index in [4.69, 9.17) is 0 Å². The van der Waals surface area contributed by atoms with E-state index in [-0.39, 0.29) is 24.0 Å². The van der Waals surface area contributed by atoms with Crippen molar-refractivity contribution in [2.24, 2.45) is 4.99 Å². The van der Waals surface area contributed by atoms with Gasteiger partial charge in [-0.2, -0.15) is 0 Å². The fraction of sp³-hybridized carbons (Fsp3) is 0.412. The van der Waals surface area contributed by atoms with Crippen LogP contribution in [0.4, 0.5) is 5.82 Å². The molecule has 5 nitrogen and oxygen atoms in total. The fourth-order valence-corrected chi connectivity index (χ4v) is 2.78. The maximum absolute atomic E-state index is 4.65. The number of halogens is 1. The molecule has 7 heteroatoms. The molecule has 0 saturated heterocycles. The number of aliphatic imine (C=N–C) groups is 1. The summed E-state index contributed by atoms with van der Waals surface area (Å²) in [6.45, 7) is 4.44. The first kappa shape index (κ1) is 20.7. The Hall–Kier alpha value is -1.35. The Morgan fingerprint density at radius 2 is 2.12 bits per heavy atom. The summed E-state index contributed by atoms with van der Waals surface area (Å²) in [5.74, 6) is 1.81. The molecule has 0 amide bonds. The Balaban J connectivity index is 0.00000288. The molecule has 0 aliphatic carbocycles. The zero-order valence-electron chi connectivity index (χ0n) is 14.5. The van der Waals surface area contributed by atoms with Crippen LogP contribution in [0.1, 0.15) is 17.4 Å². The van der Waals surface area contributed by atoms with Gasteiger partial charge < -0.3 is 15.5 Å². The van der Waals surface area contributed by atoms with Gasteiger partial charge in [0.2, 0.25) is 0 Å². The zero-order chi connectivity index (χ0) is 16.5. The predicted molar refractivity (Wildman–Crippen MR) is 115 cm³/mol. The number of nitrogens with one attached hydrogen (secondary N) is 2. The standard InChI is InChI=1S/C17H25N5S.HI/c1-4-18-17(20-10-8-15-6-5-11-23-15)21-13-14-7-9-19-16(12-14)22(2)3;/h5-7,9,11-12H,4,8,10,13H2,1-3H3,(H2,18,20,21);1H. The lowest BCUT2D eigenvalue weighted by atomic mass is 10.2. The van der Waals surface area contributed by atoms with Crippen LogP contribution < -0.4 is 15.5 Å². The maximum Gasteiger partial charge on any atom is 0.191 e. The van der Waals surface area contributed by atoms with Crippen LogP contribution in [0.15, 0.2) is 40.8 Å². The first-order chi connectivity index (χ1) is 11.2. The van der Waals surface area contributed by atoms with Crippen molar-refractivity contribution in [3.05, 3.63) is 46.3 Å². The molecule has 0 saturated carbocycles. The van der Waals surface area contributed by atoms with Crippen LogP contribution in [0.3, 0.4) is 0 Å². The molecule has 0 spiro atoms. The van der Waals surface area contributed by atoms with Crippen molar-refractivity contribution in [1.82, 2.24) is 15.6 Å². The number of rotatable bonds is 7. The average Bonchev–Trinajstić information content (AvgIpc) is 3.06.